The highest BCUT2D eigenvalue weighted by Gasteiger charge is 2.28. The first-order valence-electron chi connectivity index (χ1n) is 14.7. The smallest absolute Gasteiger partial charge is 0.220 e. The van der Waals surface area contributed by atoms with Crippen molar-refractivity contribution < 1.29 is 24.1 Å². The van der Waals surface area contributed by atoms with E-state index in [-0.39, 0.29) is 31.0 Å². The monoisotopic (exact) mass is 542 g/mol. The van der Waals surface area contributed by atoms with Gasteiger partial charge in [0.05, 0.1) is 0 Å². The molecule has 2 unspecified atom stereocenters. The summed E-state index contributed by atoms with van der Waals surface area (Å²) in [5.74, 6) is -0.200. The zero-order valence-corrected chi connectivity index (χ0v) is 25.1. The molecule has 216 valence electrons. The molecule has 0 aliphatic rings. The zero-order chi connectivity index (χ0) is 27.9. The molecular weight excluding hydrogens is 487 g/mol. The molecule has 0 aliphatic carbocycles. The molecule has 7 nitrogen and oxygen atoms in total. The van der Waals surface area contributed by atoms with E-state index in [9.17, 15) is 24.1 Å². The van der Waals surface area contributed by atoms with Gasteiger partial charge < -0.3 is 15.1 Å². The highest BCUT2D eigenvalue weighted by Crippen LogP contribution is 2.35. The van der Waals surface area contributed by atoms with Crippen LogP contribution in [0.5, 0.6) is 0 Å². The van der Waals surface area contributed by atoms with Crippen LogP contribution in [0.3, 0.4) is 0 Å². The Balaban J connectivity index is 4.28. The third-order valence-corrected chi connectivity index (χ3v) is 7.89. The fraction of sp³-hybridized carbons (Fsp3) is 0.862. The normalized spacial score (nSPS) is 12.9. The summed E-state index contributed by atoms with van der Waals surface area (Å²) < 4.78 is 0. The molecular formula is C29H55N2O5P. The third-order valence-electron chi connectivity index (χ3n) is 6.54. The second-order valence-corrected chi connectivity index (χ2v) is 12.2. The summed E-state index contributed by atoms with van der Waals surface area (Å²) in [5, 5.41) is 2.77. The standard InChI is InChI=1S/C29H55N2O5P/c1-5-7-8-9-10-11-12-13-14-15-16-17-18-20-26(32)23-25(30-27(33)19-6-2)24-29(35)37(36)28(34)21-22-31(3)4/h25,36H,5-24H2,1-4H3,(H,30,33). The minimum absolute atomic E-state index is 0.0128. The first-order valence-corrected chi connectivity index (χ1v) is 16.0. The van der Waals surface area contributed by atoms with Crippen molar-refractivity contribution >= 4 is 30.9 Å². The summed E-state index contributed by atoms with van der Waals surface area (Å²) in [6.45, 7) is 4.59. The van der Waals surface area contributed by atoms with Crippen LogP contribution in [0.1, 0.15) is 136 Å². The molecule has 0 fully saturated rings. The van der Waals surface area contributed by atoms with Gasteiger partial charge >= 0.3 is 0 Å². The Morgan fingerprint density at radius 2 is 1.19 bits per heavy atom. The predicted octanol–water partition coefficient (Wildman–Crippen LogP) is 6.50. The Bertz CT molecular complexity index is 642. The average Bonchev–Trinajstić information content (AvgIpc) is 2.84. The molecule has 2 N–H and O–H groups in total. The van der Waals surface area contributed by atoms with Crippen LogP contribution in [0.4, 0.5) is 0 Å². The third kappa shape index (κ3) is 21.5. The van der Waals surface area contributed by atoms with Crippen LogP contribution in [0, 0.1) is 0 Å². The first-order chi connectivity index (χ1) is 17.7. The number of unbranched alkanes of at least 4 members (excludes halogenated alkanes) is 12. The fourth-order valence-electron chi connectivity index (χ4n) is 4.28. The number of hydrogen-bond acceptors (Lipinski definition) is 6. The molecule has 0 spiro atoms. The van der Waals surface area contributed by atoms with Gasteiger partial charge in [-0.25, -0.2) is 0 Å². The minimum Gasteiger partial charge on any atom is -0.360 e. The maximum Gasteiger partial charge on any atom is 0.220 e. The Kier molecular flexibility index (Phi) is 23.2. The summed E-state index contributed by atoms with van der Waals surface area (Å²) in [6, 6.07) is -0.667. The lowest BCUT2D eigenvalue weighted by Crippen LogP contribution is -2.38. The van der Waals surface area contributed by atoms with Crippen LogP contribution in [-0.4, -0.2) is 59.2 Å². The topological polar surface area (TPSA) is 104 Å². The van der Waals surface area contributed by atoms with E-state index < -0.39 is 25.2 Å². The number of amides is 1. The molecule has 0 saturated carbocycles. The molecule has 0 bridgehead atoms. The molecule has 0 aromatic rings. The number of Topliss-reactive ketones (excluding diaryl/α,β-unsaturated/α-hetero) is 1. The van der Waals surface area contributed by atoms with Gasteiger partial charge in [-0.1, -0.05) is 90.9 Å². The summed E-state index contributed by atoms with van der Waals surface area (Å²) in [5.41, 5.74) is -1.04. The van der Waals surface area contributed by atoms with Crippen molar-refractivity contribution in [3.8, 4) is 0 Å². The van der Waals surface area contributed by atoms with Crippen LogP contribution in [-0.2, 0) is 19.2 Å². The number of nitrogens with zero attached hydrogens (tertiary/aromatic N) is 1. The van der Waals surface area contributed by atoms with Gasteiger partial charge in [0.15, 0.2) is 19.2 Å². The quantitative estimate of drug-likeness (QED) is 0.0956. The first kappa shape index (κ1) is 35.8. The van der Waals surface area contributed by atoms with E-state index in [0.717, 1.165) is 19.3 Å². The fourth-order valence-corrected chi connectivity index (χ4v) is 5.26. The lowest BCUT2D eigenvalue weighted by atomic mass is 10.0. The molecule has 0 rings (SSSR count). The van der Waals surface area contributed by atoms with Crippen LogP contribution >= 0.6 is 8.15 Å². The molecule has 0 aromatic carbocycles. The van der Waals surface area contributed by atoms with Gasteiger partial charge in [0, 0.05) is 44.7 Å². The summed E-state index contributed by atoms with van der Waals surface area (Å²) in [6.07, 6.45) is 17.5. The van der Waals surface area contributed by atoms with Crippen molar-refractivity contribution in [3.63, 3.8) is 0 Å². The highest BCUT2D eigenvalue weighted by atomic mass is 31.1. The Hall–Kier alpha value is -1.17. The van der Waals surface area contributed by atoms with Crippen molar-refractivity contribution in [2.75, 3.05) is 20.6 Å². The Morgan fingerprint density at radius 1 is 0.676 bits per heavy atom. The predicted molar refractivity (Wildman–Crippen MR) is 154 cm³/mol. The number of nitrogens with one attached hydrogen (secondary N) is 1. The van der Waals surface area contributed by atoms with Gasteiger partial charge in [-0.2, -0.15) is 0 Å². The number of ketones is 1. The highest BCUT2D eigenvalue weighted by molar-refractivity contribution is 7.84. The van der Waals surface area contributed by atoms with Crippen molar-refractivity contribution in [2.45, 2.75) is 142 Å². The lowest BCUT2D eigenvalue weighted by Gasteiger charge is -2.19. The van der Waals surface area contributed by atoms with E-state index in [2.05, 4.69) is 12.2 Å². The molecule has 0 aliphatic heterocycles. The Morgan fingerprint density at radius 3 is 1.68 bits per heavy atom. The van der Waals surface area contributed by atoms with E-state index in [1.807, 2.05) is 25.9 Å². The molecule has 0 saturated heterocycles. The number of carbonyl (C=O) groups is 4. The largest absolute Gasteiger partial charge is 0.360 e. The molecule has 37 heavy (non-hydrogen) atoms. The summed E-state index contributed by atoms with van der Waals surface area (Å²) in [7, 11) is 1.21. The van der Waals surface area contributed by atoms with Crippen molar-refractivity contribution in [2.24, 2.45) is 0 Å². The maximum absolute atomic E-state index is 12.6. The number of carbonyl (C=O) groups excluding carboxylic acids is 4. The van der Waals surface area contributed by atoms with E-state index >= 15 is 0 Å². The van der Waals surface area contributed by atoms with Crippen LogP contribution in [0.25, 0.3) is 0 Å². The Labute approximate surface area is 227 Å². The van der Waals surface area contributed by atoms with E-state index in [1.54, 1.807) is 0 Å². The molecule has 1 amide bonds. The van der Waals surface area contributed by atoms with Crippen LogP contribution < -0.4 is 5.32 Å². The number of hydrogen-bond donors (Lipinski definition) is 2. The van der Waals surface area contributed by atoms with Crippen LogP contribution in [0.15, 0.2) is 0 Å². The molecule has 0 aromatic heterocycles. The molecule has 0 radical (unpaired) electrons. The van der Waals surface area contributed by atoms with Crippen LogP contribution in [0.2, 0.25) is 0 Å². The number of rotatable bonds is 26. The SMILES string of the molecule is CCCCCCCCCCCCCCCC(=O)CC(CC(=O)P(O)C(=O)CCN(C)C)NC(=O)CCC. The van der Waals surface area contributed by atoms with E-state index in [4.69, 9.17) is 0 Å². The van der Waals surface area contributed by atoms with E-state index in [1.165, 1.54) is 64.2 Å². The van der Waals surface area contributed by atoms with Crippen molar-refractivity contribution in [1.82, 2.24) is 10.2 Å². The maximum atomic E-state index is 12.6. The second kappa shape index (κ2) is 23.9. The second-order valence-electron chi connectivity index (χ2n) is 10.6. The van der Waals surface area contributed by atoms with Crippen molar-refractivity contribution in [1.29, 1.82) is 0 Å². The van der Waals surface area contributed by atoms with Gasteiger partial charge in [-0.05, 0) is 26.9 Å². The van der Waals surface area contributed by atoms with Gasteiger partial charge in [-0.15, -0.1) is 0 Å². The van der Waals surface area contributed by atoms with E-state index in [0.29, 0.717) is 25.8 Å². The van der Waals surface area contributed by atoms with Crippen molar-refractivity contribution in [3.05, 3.63) is 0 Å². The molecule has 2 atom stereocenters. The average molecular weight is 543 g/mol. The summed E-state index contributed by atoms with van der Waals surface area (Å²) >= 11 is 0. The lowest BCUT2D eigenvalue weighted by molar-refractivity contribution is -0.123. The zero-order valence-electron chi connectivity index (χ0n) is 24.2. The summed E-state index contributed by atoms with van der Waals surface area (Å²) in [4.78, 5) is 61.4. The van der Waals surface area contributed by atoms with Gasteiger partial charge in [-0.3, -0.25) is 19.2 Å². The van der Waals surface area contributed by atoms with Gasteiger partial charge in [0.1, 0.15) is 5.78 Å². The van der Waals surface area contributed by atoms with Gasteiger partial charge in [0.2, 0.25) is 5.91 Å². The minimum atomic E-state index is -2.42. The molecule has 8 heteroatoms. The van der Waals surface area contributed by atoms with Gasteiger partial charge in [0.25, 0.3) is 0 Å². The molecule has 0 heterocycles.